The summed E-state index contributed by atoms with van der Waals surface area (Å²) in [4.78, 5) is 26.9. The van der Waals surface area contributed by atoms with Crippen molar-refractivity contribution in [2.24, 2.45) is 5.92 Å². The van der Waals surface area contributed by atoms with E-state index in [2.05, 4.69) is 5.32 Å². The highest BCUT2D eigenvalue weighted by atomic mass is 32.2. The number of carbonyl (C=O) groups is 2. The Morgan fingerprint density at radius 1 is 1.04 bits per heavy atom. The molecule has 0 bridgehead atoms. The van der Waals surface area contributed by atoms with Crippen LogP contribution < -0.4 is 5.32 Å². The first-order chi connectivity index (χ1) is 12.5. The fourth-order valence-electron chi connectivity index (χ4n) is 4.55. The summed E-state index contributed by atoms with van der Waals surface area (Å²) in [5, 5.41) is 2.56. The Hall–Kier alpha value is -1.89. The van der Waals surface area contributed by atoms with Crippen molar-refractivity contribution in [2.45, 2.75) is 54.7 Å². The minimum Gasteiger partial charge on any atom is -0.354 e. The van der Waals surface area contributed by atoms with Gasteiger partial charge in [0.25, 0.3) is 5.91 Å². The standard InChI is InChI=1S/C19H24N2O4S/c22-18-16-6-3-11-21(17(16)12-20-18)19(23)13-7-9-15(10-8-13)26(24,25)14-4-1-2-5-14/h7-10,14,16-17H,1-6,11-12H2,(H,20,22)/t16-,17+/m0/s1. The summed E-state index contributed by atoms with van der Waals surface area (Å²) in [6.07, 6.45) is 5.00. The average Bonchev–Trinajstić information content (AvgIpc) is 3.32. The maximum Gasteiger partial charge on any atom is 0.254 e. The number of fused-ring (bicyclic) bond motifs is 1. The molecule has 2 aliphatic heterocycles. The molecule has 3 aliphatic rings. The molecule has 0 aromatic heterocycles. The van der Waals surface area contributed by atoms with E-state index in [0.717, 1.165) is 38.5 Å². The molecular formula is C19H24N2O4S. The zero-order chi connectivity index (χ0) is 18.3. The lowest BCUT2D eigenvalue weighted by Crippen LogP contribution is -2.48. The molecule has 1 aliphatic carbocycles. The second-order valence-electron chi connectivity index (χ2n) is 7.54. The van der Waals surface area contributed by atoms with Crippen molar-refractivity contribution in [1.82, 2.24) is 10.2 Å². The van der Waals surface area contributed by atoms with Crippen LogP contribution in [0.15, 0.2) is 29.2 Å². The zero-order valence-electron chi connectivity index (χ0n) is 14.7. The minimum atomic E-state index is -3.31. The van der Waals surface area contributed by atoms with Crippen LogP contribution in [0.25, 0.3) is 0 Å². The van der Waals surface area contributed by atoms with Gasteiger partial charge in [0.05, 0.1) is 22.1 Å². The third-order valence-electron chi connectivity index (χ3n) is 6.03. The Kier molecular flexibility index (Phi) is 4.50. The number of hydrogen-bond donors (Lipinski definition) is 1. The van der Waals surface area contributed by atoms with E-state index in [1.807, 2.05) is 0 Å². The van der Waals surface area contributed by atoms with E-state index in [1.165, 1.54) is 0 Å². The summed E-state index contributed by atoms with van der Waals surface area (Å²) >= 11 is 0. The van der Waals surface area contributed by atoms with Gasteiger partial charge >= 0.3 is 0 Å². The molecule has 140 valence electrons. The van der Waals surface area contributed by atoms with Gasteiger partial charge in [0.2, 0.25) is 5.91 Å². The van der Waals surface area contributed by atoms with E-state index in [0.29, 0.717) is 23.5 Å². The molecule has 26 heavy (non-hydrogen) atoms. The van der Waals surface area contributed by atoms with Crippen molar-refractivity contribution < 1.29 is 18.0 Å². The first-order valence-electron chi connectivity index (χ1n) is 9.41. The number of benzene rings is 1. The maximum atomic E-state index is 12.9. The summed E-state index contributed by atoms with van der Waals surface area (Å²) in [5.74, 6) is -0.207. The lowest BCUT2D eigenvalue weighted by atomic mass is 9.91. The lowest BCUT2D eigenvalue weighted by molar-refractivity contribution is -0.123. The van der Waals surface area contributed by atoms with Gasteiger partial charge in [-0.3, -0.25) is 9.59 Å². The first-order valence-corrected chi connectivity index (χ1v) is 11.0. The Labute approximate surface area is 153 Å². The number of nitrogens with zero attached hydrogens (tertiary/aromatic N) is 1. The van der Waals surface area contributed by atoms with Gasteiger partial charge in [0.1, 0.15) is 0 Å². The third kappa shape index (κ3) is 2.92. The highest BCUT2D eigenvalue weighted by Crippen LogP contribution is 2.31. The largest absolute Gasteiger partial charge is 0.354 e. The molecule has 7 heteroatoms. The number of carbonyl (C=O) groups excluding carboxylic acids is 2. The summed E-state index contributed by atoms with van der Waals surface area (Å²) in [7, 11) is -3.31. The number of hydrogen-bond acceptors (Lipinski definition) is 4. The highest BCUT2D eigenvalue weighted by Gasteiger charge is 2.42. The second-order valence-corrected chi connectivity index (χ2v) is 9.76. The number of sulfone groups is 1. The molecule has 0 unspecified atom stereocenters. The summed E-state index contributed by atoms with van der Waals surface area (Å²) < 4.78 is 25.3. The van der Waals surface area contributed by atoms with Gasteiger partial charge in [-0.15, -0.1) is 0 Å². The molecule has 2 atom stereocenters. The van der Waals surface area contributed by atoms with Crippen LogP contribution in [-0.2, 0) is 14.6 Å². The van der Waals surface area contributed by atoms with Crippen LogP contribution in [0, 0.1) is 5.92 Å². The minimum absolute atomic E-state index is 0.0329. The lowest BCUT2D eigenvalue weighted by Gasteiger charge is -2.36. The molecule has 1 N–H and O–H groups in total. The van der Waals surface area contributed by atoms with Gasteiger partial charge in [0.15, 0.2) is 9.84 Å². The summed E-state index contributed by atoms with van der Waals surface area (Å²) in [6.45, 7) is 1.14. The molecule has 1 aromatic rings. The van der Waals surface area contributed by atoms with Gasteiger partial charge < -0.3 is 10.2 Å². The normalized spacial score (nSPS) is 26.6. The maximum absolute atomic E-state index is 12.9. The second kappa shape index (κ2) is 6.68. The van der Waals surface area contributed by atoms with Crippen LogP contribution in [0.2, 0.25) is 0 Å². The molecule has 0 radical (unpaired) electrons. The Bertz CT molecular complexity index is 812. The number of amides is 2. The number of likely N-dealkylation sites (tertiary alicyclic amines) is 1. The molecule has 2 amide bonds. The molecule has 1 saturated carbocycles. The van der Waals surface area contributed by atoms with Crippen molar-refractivity contribution in [1.29, 1.82) is 0 Å². The number of rotatable bonds is 3. The molecular weight excluding hydrogens is 352 g/mol. The van der Waals surface area contributed by atoms with E-state index < -0.39 is 9.84 Å². The fraction of sp³-hybridized carbons (Fsp3) is 0.579. The van der Waals surface area contributed by atoms with E-state index in [1.54, 1.807) is 29.2 Å². The van der Waals surface area contributed by atoms with Gasteiger partial charge in [-0.2, -0.15) is 0 Å². The molecule has 2 heterocycles. The quantitative estimate of drug-likeness (QED) is 0.871. The fourth-order valence-corrected chi connectivity index (χ4v) is 6.40. The smallest absolute Gasteiger partial charge is 0.254 e. The number of nitrogens with one attached hydrogen (secondary N) is 1. The SMILES string of the molecule is O=C1NC[C@@H]2[C@@H]1CCCN2C(=O)c1ccc(S(=O)(=O)C2CCCC2)cc1. The predicted octanol–water partition coefficient (Wildman–Crippen LogP) is 1.75. The molecule has 2 saturated heterocycles. The predicted molar refractivity (Wildman–Crippen MR) is 96.4 cm³/mol. The van der Waals surface area contributed by atoms with E-state index in [9.17, 15) is 18.0 Å². The Morgan fingerprint density at radius 3 is 2.42 bits per heavy atom. The molecule has 4 rings (SSSR count). The summed E-state index contributed by atoms with van der Waals surface area (Å²) in [6, 6.07) is 6.24. The molecule has 6 nitrogen and oxygen atoms in total. The van der Waals surface area contributed by atoms with Gasteiger partial charge in [-0.25, -0.2) is 8.42 Å². The Morgan fingerprint density at radius 2 is 1.73 bits per heavy atom. The monoisotopic (exact) mass is 376 g/mol. The van der Waals surface area contributed by atoms with Crippen LogP contribution in [0.1, 0.15) is 48.9 Å². The van der Waals surface area contributed by atoms with E-state index in [-0.39, 0.29) is 29.0 Å². The van der Waals surface area contributed by atoms with Crippen LogP contribution in [0.4, 0.5) is 0 Å². The van der Waals surface area contributed by atoms with Crippen LogP contribution >= 0.6 is 0 Å². The van der Waals surface area contributed by atoms with Crippen molar-refractivity contribution in [2.75, 3.05) is 13.1 Å². The molecule has 1 aromatic carbocycles. The number of piperidine rings is 1. The molecule has 0 spiro atoms. The molecule has 3 fully saturated rings. The van der Waals surface area contributed by atoms with Crippen molar-refractivity contribution in [3.05, 3.63) is 29.8 Å². The highest BCUT2D eigenvalue weighted by molar-refractivity contribution is 7.92. The van der Waals surface area contributed by atoms with Crippen molar-refractivity contribution in [3.63, 3.8) is 0 Å². The van der Waals surface area contributed by atoms with Gasteiger partial charge in [0, 0.05) is 18.7 Å². The first kappa shape index (κ1) is 17.5. The van der Waals surface area contributed by atoms with Crippen LogP contribution in [0.5, 0.6) is 0 Å². The van der Waals surface area contributed by atoms with Crippen molar-refractivity contribution in [3.8, 4) is 0 Å². The van der Waals surface area contributed by atoms with Crippen molar-refractivity contribution >= 4 is 21.7 Å². The van der Waals surface area contributed by atoms with E-state index in [4.69, 9.17) is 0 Å². The van der Waals surface area contributed by atoms with Gasteiger partial charge in [-0.1, -0.05) is 12.8 Å². The third-order valence-corrected chi connectivity index (χ3v) is 8.31. The van der Waals surface area contributed by atoms with E-state index >= 15 is 0 Å². The van der Waals surface area contributed by atoms with Crippen LogP contribution in [0.3, 0.4) is 0 Å². The Balaban J connectivity index is 1.53. The van der Waals surface area contributed by atoms with Crippen LogP contribution in [-0.4, -0.2) is 49.5 Å². The van der Waals surface area contributed by atoms with Gasteiger partial charge in [-0.05, 0) is 49.9 Å². The summed E-state index contributed by atoms with van der Waals surface area (Å²) in [5.41, 5.74) is 0.482. The zero-order valence-corrected chi connectivity index (χ0v) is 15.5. The topological polar surface area (TPSA) is 83.6 Å². The average molecular weight is 376 g/mol.